The lowest BCUT2D eigenvalue weighted by molar-refractivity contribution is -0.123. The van der Waals surface area contributed by atoms with Gasteiger partial charge in [0.2, 0.25) is 0 Å². The number of nitrogens with one attached hydrogen (secondary N) is 1. The molecule has 0 spiro atoms. The Kier molecular flexibility index (Phi) is 6.35. The van der Waals surface area contributed by atoms with Crippen LogP contribution in [0, 0.1) is 0 Å². The van der Waals surface area contributed by atoms with Crippen LogP contribution in [-0.4, -0.2) is 34.4 Å². The Morgan fingerprint density at radius 1 is 1.00 bits per heavy atom. The van der Waals surface area contributed by atoms with E-state index in [9.17, 15) is 9.59 Å². The van der Waals surface area contributed by atoms with Crippen molar-refractivity contribution < 1.29 is 14.3 Å². The van der Waals surface area contributed by atoms with Crippen LogP contribution in [0.5, 0.6) is 5.75 Å². The van der Waals surface area contributed by atoms with Gasteiger partial charge in [0.25, 0.3) is 5.91 Å². The van der Waals surface area contributed by atoms with Crippen molar-refractivity contribution in [3.05, 3.63) is 84.4 Å². The van der Waals surface area contributed by atoms with Crippen molar-refractivity contribution in [3.8, 4) is 5.75 Å². The highest BCUT2D eigenvalue weighted by molar-refractivity contribution is 6.08. The maximum atomic E-state index is 12.3. The van der Waals surface area contributed by atoms with E-state index in [0.29, 0.717) is 23.4 Å². The molecule has 0 saturated carbocycles. The number of aromatic nitrogens is 2. The minimum absolute atomic E-state index is 0.0437. The first-order valence-corrected chi connectivity index (χ1v) is 8.77. The second kappa shape index (κ2) is 9.33. The molecule has 1 N–H and O–H groups in total. The lowest BCUT2D eigenvalue weighted by Gasteiger charge is -2.08. The van der Waals surface area contributed by atoms with Crippen molar-refractivity contribution in [2.75, 3.05) is 13.2 Å². The van der Waals surface area contributed by atoms with Crippen molar-refractivity contribution in [2.45, 2.75) is 13.0 Å². The van der Waals surface area contributed by atoms with Gasteiger partial charge in [0.05, 0.1) is 6.33 Å². The molecule has 0 unspecified atom stereocenters. The molecular weight excluding hydrogens is 342 g/mol. The Bertz CT molecular complexity index is 859. The fraction of sp³-hybridized carbons (Fsp3) is 0.190. The van der Waals surface area contributed by atoms with Crippen LogP contribution in [0.1, 0.15) is 22.3 Å². The van der Waals surface area contributed by atoms with E-state index in [1.54, 1.807) is 48.9 Å². The van der Waals surface area contributed by atoms with Gasteiger partial charge >= 0.3 is 0 Å². The van der Waals surface area contributed by atoms with Crippen LogP contribution >= 0.6 is 0 Å². The molecule has 6 heteroatoms. The third kappa shape index (κ3) is 5.54. The number of carbonyl (C=O) groups is 2. The third-order valence-corrected chi connectivity index (χ3v) is 4.00. The second-order valence-electron chi connectivity index (χ2n) is 6.01. The van der Waals surface area contributed by atoms with E-state index in [4.69, 9.17) is 4.74 Å². The van der Waals surface area contributed by atoms with Crippen LogP contribution in [0.4, 0.5) is 0 Å². The number of hydrogen-bond acceptors (Lipinski definition) is 4. The molecule has 0 aliphatic carbocycles. The number of imidazole rings is 1. The smallest absolute Gasteiger partial charge is 0.257 e. The fourth-order valence-corrected chi connectivity index (χ4v) is 2.57. The third-order valence-electron chi connectivity index (χ3n) is 4.00. The summed E-state index contributed by atoms with van der Waals surface area (Å²) in [5.74, 6) is 0.330. The van der Waals surface area contributed by atoms with Gasteiger partial charge in [-0.15, -0.1) is 0 Å². The maximum absolute atomic E-state index is 12.3. The number of rotatable bonds is 9. The molecule has 1 aromatic heterocycles. The van der Waals surface area contributed by atoms with Crippen LogP contribution in [0.25, 0.3) is 0 Å². The summed E-state index contributed by atoms with van der Waals surface area (Å²) in [6.45, 7) is 1.32. The lowest BCUT2D eigenvalue weighted by atomic mass is 10.0. The Morgan fingerprint density at radius 3 is 2.44 bits per heavy atom. The topological polar surface area (TPSA) is 73.2 Å². The Morgan fingerprint density at radius 2 is 1.74 bits per heavy atom. The standard InChI is InChI=1S/C21H21N3O3/c25-20(23-11-4-13-24-14-12-22-16-24)15-27-19-9-7-18(8-10-19)21(26)17-5-2-1-3-6-17/h1-3,5-10,12,14,16H,4,11,13,15H2,(H,23,25). The Balaban J connectivity index is 1.40. The molecule has 1 amide bonds. The first kappa shape index (κ1) is 18.4. The van der Waals surface area contributed by atoms with Crippen LogP contribution in [-0.2, 0) is 11.3 Å². The molecule has 6 nitrogen and oxygen atoms in total. The zero-order valence-corrected chi connectivity index (χ0v) is 14.9. The van der Waals surface area contributed by atoms with Crippen molar-refractivity contribution in [2.24, 2.45) is 0 Å². The Labute approximate surface area is 157 Å². The predicted molar refractivity (Wildman–Crippen MR) is 102 cm³/mol. The molecule has 0 atom stereocenters. The van der Waals surface area contributed by atoms with E-state index < -0.39 is 0 Å². The average Bonchev–Trinajstić information content (AvgIpc) is 3.24. The molecule has 0 aliphatic heterocycles. The van der Waals surface area contributed by atoms with Gasteiger partial charge in [0.15, 0.2) is 12.4 Å². The van der Waals surface area contributed by atoms with Gasteiger partial charge in [0, 0.05) is 36.6 Å². The first-order valence-electron chi connectivity index (χ1n) is 8.77. The van der Waals surface area contributed by atoms with Crippen LogP contribution < -0.4 is 10.1 Å². The number of aryl methyl sites for hydroxylation is 1. The summed E-state index contributed by atoms with van der Waals surface area (Å²) in [4.78, 5) is 28.1. The molecule has 3 rings (SSSR count). The van der Waals surface area contributed by atoms with E-state index in [1.165, 1.54) is 0 Å². The summed E-state index contributed by atoms with van der Waals surface area (Å²) >= 11 is 0. The second-order valence-corrected chi connectivity index (χ2v) is 6.01. The number of ketones is 1. The van der Waals surface area contributed by atoms with Crippen LogP contribution in [0.2, 0.25) is 0 Å². The molecule has 27 heavy (non-hydrogen) atoms. The monoisotopic (exact) mass is 363 g/mol. The van der Waals surface area contributed by atoms with E-state index in [-0.39, 0.29) is 18.3 Å². The van der Waals surface area contributed by atoms with Crippen molar-refractivity contribution in [3.63, 3.8) is 0 Å². The summed E-state index contributed by atoms with van der Waals surface area (Å²) in [5, 5.41) is 2.81. The van der Waals surface area contributed by atoms with E-state index in [0.717, 1.165) is 13.0 Å². The number of hydrogen-bond donors (Lipinski definition) is 1. The molecule has 0 radical (unpaired) electrons. The molecule has 2 aromatic carbocycles. The summed E-state index contributed by atoms with van der Waals surface area (Å²) in [6, 6.07) is 15.9. The fourth-order valence-electron chi connectivity index (χ4n) is 2.57. The van der Waals surface area contributed by atoms with Gasteiger partial charge in [-0.05, 0) is 30.7 Å². The molecule has 0 saturated heterocycles. The van der Waals surface area contributed by atoms with E-state index in [1.807, 2.05) is 29.0 Å². The number of nitrogens with zero attached hydrogens (tertiary/aromatic N) is 2. The maximum Gasteiger partial charge on any atom is 0.257 e. The Hall–Kier alpha value is -3.41. The number of carbonyl (C=O) groups excluding carboxylic acids is 2. The minimum Gasteiger partial charge on any atom is -0.484 e. The molecule has 0 fully saturated rings. The molecule has 3 aromatic rings. The zero-order chi connectivity index (χ0) is 18.9. The highest BCUT2D eigenvalue weighted by Crippen LogP contribution is 2.15. The molecular formula is C21H21N3O3. The quantitative estimate of drug-likeness (QED) is 0.469. The SMILES string of the molecule is O=C(COc1ccc(C(=O)c2ccccc2)cc1)NCCCn1ccnc1. The van der Waals surface area contributed by atoms with Gasteiger partial charge in [-0.2, -0.15) is 0 Å². The van der Waals surface area contributed by atoms with Crippen molar-refractivity contribution >= 4 is 11.7 Å². The normalized spacial score (nSPS) is 10.4. The van der Waals surface area contributed by atoms with Crippen molar-refractivity contribution in [1.82, 2.24) is 14.9 Å². The highest BCUT2D eigenvalue weighted by atomic mass is 16.5. The van der Waals surface area contributed by atoms with Gasteiger partial charge in [-0.1, -0.05) is 30.3 Å². The number of benzene rings is 2. The van der Waals surface area contributed by atoms with Gasteiger partial charge in [0.1, 0.15) is 5.75 Å². The van der Waals surface area contributed by atoms with Crippen molar-refractivity contribution in [1.29, 1.82) is 0 Å². The first-order chi connectivity index (χ1) is 13.2. The number of ether oxygens (including phenoxy) is 1. The molecule has 0 aliphatic rings. The summed E-state index contributed by atoms with van der Waals surface area (Å²) in [6.07, 6.45) is 6.18. The van der Waals surface area contributed by atoms with E-state index in [2.05, 4.69) is 10.3 Å². The van der Waals surface area contributed by atoms with Crippen LogP contribution in [0.3, 0.4) is 0 Å². The lowest BCUT2D eigenvalue weighted by Crippen LogP contribution is -2.30. The van der Waals surface area contributed by atoms with E-state index >= 15 is 0 Å². The summed E-state index contributed by atoms with van der Waals surface area (Å²) < 4.78 is 7.43. The minimum atomic E-state index is -0.176. The zero-order valence-electron chi connectivity index (χ0n) is 14.9. The van der Waals surface area contributed by atoms with Gasteiger partial charge in [-0.25, -0.2) is 4.98 Å². The molecule has 0 bridgehead atoms. The summed E-state index contributed by atoms with van der Waals surface area (Å²) in [7, 11) is 0. The average molecular weight is 363 g/mol. The van der Waals surface area contributed by atoms with Gasteiger partial charge in [-0.3, -0.25) is 9.59 Å². The predicted octanol–water partition coefficient (Wildman–Crippen LogP) is 2.70. The van der Waals surface area contributed by atoms with Gasteiger partial charge < -0.3 is 14.6 Å². The van der Waals surface area contributed by atoms with Crippen LogP contribution in [0.15, 0.2) is 73.3 Å². The summed E-state index contributed by atoms with van der Waals surface area (Å²) in [5.41, 5.74) is 1.22. The molecule has 1 heterocycles. The largest absolute Gasteiger partial charge is 0.484 e. The highest BCUT2D eigenvalue weighted by Gasteiger charge is 2.09. The number of amides is 1. The molecule has 138 valence electrons.